The smallest absolute Gasteiger partial charge is 0.155 e. The number of methoxy groups -OCH3 is 1. The fourth-order valence-corrected chi connectivity index (χ4v) is 9.38. The van der Waals surface area contributed by atoms with Gasteiger partial charge in [-0.25, -0.2) is 0 Å². The standard InChI is InChI=1S/C30H38O3/c1-18-15-24-26-11-13-30(19(2)12-14-33-30)29(26,3)17-25(21-7-5-6-8-27(21)32-4)28(24)22-10-9-20(31)16-23(18)22/h5-8,16,18,22,24-26,28H,2,9-15,17H2,1,3-4H3/t18-,22+,24+,25-,26+,28-,29+,30+/m1/s1. The first-order chi connectivity index (χ1) is 15.9. The number of carbonyl (C=O) groups is 1. The molecule has 1 spiro atoms. The van der Waals surface area contributed by atoms with E-state index in [2.05, 4.69) is 44.7 Å². The van der Waals surface area contributed by atoms with Crippen molar-refractivity contribution in [3.63, 3.8) is 0 Å². The van der Waals surface area contributed by atoms with Crippen molar-refractivity contribution < 1.29 is 14.3 Å². The van der Waals surface area contributed by atoms with Crippen LogP contribution in [0.15, 0.2) is 48.1 Å². The van der Waals surface area contributed by atoms with Gasteiger partial charge in [-0.15, -0.1) is 0 Å². The lowest BCUT2D eigenvalue weighted by Crippen LogP contribution is -2.56. The molecule has 1 aromatic rings. The van der Waals surface area contributed by atoms with Crippen molar-refractivity contribution >= 4 is 5.78 Å². The van der Waals surface area contributed by atoms with Crippen molar-refractivity contribution in [3.8, 4) is 5.75 Å². The zero-order valence-corrected chi connectivity index (χ0v) is 20.4. The molecule has 0 aromatic heterocycles. The van der Waals surface area contributed by atoms with Crippen LogP contribution in [0.3, 0.4) is 0 Å². The number of carbonyl (C=O) groups excluding carboxylic acids is 1. The largest absolute Gasteiger partial charge is 0.496 e. The molecule has 0 N–H and O–H groups in total. The van der Waals surface area contributed by atoms with Gasteiger partial charge in [-0.2, -0.15) is 0 Å². The maximum Gasteiger partial charge on any atom is 0.155 e. The molecule has 3 saturated carbocycles. The molecule has 0 unspecified atom stereocenters. The summed E-state index contributed by atoms with van der Waals surface area (Å²) in [5.41, 5.74) is 4.05. The highest BCUT2D eigenvalue weighted by Crippen LogP contribution is 2.71. The SMILES string of the molecule is C=C1CCO[C@@]12CC[C@H]1[C@@H]3C[C@@H](C)C4=CC(=O)CC[C@@H]4[C@H]3[C@@H](c3ccccc3OC)C[C@@]12C. The molecule has 1 aromatic carbocycles. The lowest BCUT2D eigenvalue weighted by Gasteiger charge is -2.60. The van der Waals surface area contributed by atoms with Crippen LogP contribution in [0.5, 0.6) is 5.75 Å². The van der Waals surface area contributed by atoms with Gasteiger partial charge in [0.25, 0.3) is 0 Å². The Morgan fingerprint density at radius 3 is 2.73 bits per heavy atom. The maximum atomic E-state index is 12.4. The summed E-state index contributed by atoms with van der Waals surface area (Å²) in [5.74, 6) is 4.64. The summed E-state index contributed by atoms with van der Waals surface area (Å²) >= 11 is 0. The molecule has 1 aliphatic heterocycles. The fourth-order valence-electron chi connectivity index (χ4n) is 9.38. The topological polar surface area (TPSA) is 35.5 Å². The van der Waals surface area contributed by atoms with Crippen molar-refractivity contribution in [3.05, 3.63) is 53.6 Å². The summed E-state index contributed by atoms with van der Waals surface area (Å²) in [6, 6.07) is 8.68. The van der Waals surface area contributed by atoms with Crippen molar-refractivity contribution in [1.82, 2.24) is 0 Å². The molecule has 0 radical (unpaired) electrons. The van der Waals surface area contributed by atoms with E-state index >= 15 is 0 Å². The molecule has 3 heteroatoms. The zero-order valence-electron chi connectivity index (χ0n) is 20.4. The molecule has 33 heavy (non-hydrogen) atoms. The summed E-state index contributed by atoms with van der Waals surface area (Å²) in [7, 11) is 1.80. The summed E-state index contributed by atoms with van der Waals surface area (Å²) in [4.78, 5) is 12.4. The molecule has 5 aliphatic rings. The van der Waals surface area contributed by atoms with Gasteiger partial charge in [-0.3, -0.25) is 4.79 Å². The number of hydrogen-bond donors (Lipinski definition) is 0. The Labute approximate surface area is 198 Å². The number of benzene rings is 1. The molecular formula is C30H38O3. The highest BCUT2D eigenvalue weighted by molar-refractivity contribution is 5.91. The van der Waals surface area contributed by atoms with Crippen LogP contribution in [0, 0.1) is 35.0 Å². The number of allylic oxidation sites excluding steroid dienone is 1. The van der Waals surface area contributed by atoms with E-state index in [1.54, 1.807) is 7.11 Å². The number of fused-ring (bicyclic) bond motifs is 6. The van der Waals surface area contributed by atoms with Gasteiger partial charge in [-0.1, -0.05) is 44.2 Å². The summed E-state index contributed by atoms with van der Waals surface area (Å²) in [5, 5.41) is 0. The van der Waals surface area contributed by atoms with Crippen molar-refractivity contribution in [2.75, 3.05) is 13.7 Å². The van der Waals surface area contributed by atoms with E-state index in [4.69, 9.17) is 9.47 Å². The van der Waals surface area contributed by atoms with Gasteiger partial charge in [0.05, 0.1) is 19.3 Å². The van der Waals surface area contributed by atoms with Crippen LogP contribution < -0.4 is 4.74 Å². The van der Waals surface area contributed by atoms with E-state index in [0.717, 1.165) is 38.0 Å². The predicted octanol–water partition coefficient (Wildman–Crippen LogP) is 6.49. The number of para-hydroxylation sites is 1. The van der Waals surface area contributed by atoms with Crippen molar-refractivity contribution in [1.29, 1.82) is 0 Å². The van der Waals surface area contributed by atoms with Gasteiger partial charge in [0.1, 0.15) is 5.75 Å². The average Bonchev–Trinajstić information content (AvgIpc) is 3.34. The highest BCUT2D eigenvalue weighted by Gasteiger charge is 2.67. The minimum Gasteiger partial charge on any atom is -0.496 e. The molecule has 4 aliphatic carbocycles. The monoisotopic (exact) mass is 446 g/mol. The van der Waals surface area contributed by atoms with Crippen LogP contribution >= 0.6 is 0 Å². The third-order valence-corrected chi connectivity index (χ3v) is 10.6. The number of ketones is 1. The first-order valence-corrected chi connectivity index (χ1v) is 13.1. The third-order valence-electron chi connectivity index (χ3n) is 10.6. The van der Waals surface area contributed by atoms with Gasteiger partial charge in [0, 0.05) is 11.8 Å². The number of hydrogen-bond acceptors (Lipinski definition) is 3. The Balaban J connectivity index is 1.51. The predicted molar refractivity (Wildman–Crippen MR) is 130 cm³/mol. The number of rotatable bonds is 2. The first-order valence-electron chi connectivity index (χ1n) is 13.1. The van der Waals surface area contributed by atoms with E-state index in [9.17, 15) is 4.79 Å². The molecule has 176 valence electrons. The first kappa shape index (κ1) is 21.6. The zero-order chi connectivity index (χ0) is 23.0. The van der Waals surface area contributed by atoms with E-state index < -0.39 is 0 Å². The Kier molecular flexibility index (Phi) is 4.96. The minimum atomic E-state index is -0.162. The minimum absolute atomic E-state index is 0.0959. The number of ether oxygens (including phenoxy) is 2. The molecule has 0 amide bonds. The second-order valence-corrected chi connectivity index (χ2v) is 11.8. The Morgan fingerprint density at radius 2 is 1.97 bits per heavy atom. The van der Waals surface area contributed by atoms with Gasteiger partial charge >= 0.3 is 0 Å². The average molecular weight is 447 g/mol. The molecule has 0 bridgehead atoms. The van der Waals surface area contributed by atoms with Crippen LogP contribution in [0.25, 0.3) is 0 Å². The maximum absolute atomic E-state index is 12.4. The summed E-state index contributed by atoms with van der Waals surface area (Å²) < 4.78 is 12.6. The lowest BCUT2D eigenvalue weighted by atomic mass is 9.45. The van der Waals surface area contributed by atoms with Crippen LogP contribution in [-0.2, 0) is 9.53 Å². The van der Waals surface area contributed by atoms with Crippen LogP contribution in [0.2, 0.25) is 0 Å². The van der Waals surface area contributed by atoms with Crippen LogP contribution in [0.1, 0.15) is 70.3 Å². The van der Waals surface area contributed by atoms with E-state index in [-0.39, 0.29) is 11.0 Å². The Morgan fingerprint density at radius 1 is 1.15 bits per heavy atom. The molecule has 1 heterocycles. The summed E-state index contributed by atoms with van der Waals surface area (Å²) in [6.45, 7) is 10.3. The second kappa shape index (κ2) is 7.57. The molecule has 6 rings (SSSR count). The Bertz CT molecular complexity index is 1020. The van der Waals surface area contributed by atoms with Crippen LogP contribution in [-0.4, -0.2) is 25.1 Å². The van der Waals surface area contributed by atoms with Gasteiger partial charge in [0.15, 0.2) is 5.78 Å². The highest BCUT2D eigenvalue weighted by atomic mass is 16.5. The Hall–Kier alpha value is -1.87. The molecule has 8 atom stereocenters. The normalized spacial score (nSPS) is 44.3. The van der Waals surface area contributed by atoms with Crippen molar-refractivity contribution in [2.24, 2.45) is 35.0 Å². The van der Waals surface area contributed by atoms with Gasteiger partial charge < -0.3 is 9.47 Å². The summed E-state index contributed by atoms with van der Waals surface area (Å²) in [6.07, 6.45) is 9.42. The third kappa shape index (κ3) is 2.87. The fraction of sp³-hybridized carbons (Fsp3) is 0.633. The van der Waals surface area contributed by atoms with Crippen LogP contribution in [0.4, 0.5) is 0 Å². The van der Waals surface area contributed by atoms with Gasteiger partial charge in [0.2, 0.25) is 0 Å². The van der Waals surface area contributed by atoms with E-state index in [1.165, 1.54) is 29.6 Å². The van der Waals surface area contributed by atoms with Gasteiger partial charge in [-0.05, 0) is 97.3 Å². The van der Waals surface area contributed by atoms with E-state index in [0.29, 0.717) is 47.7 Å². The molecule has 4 fully saturated rings. The molecule has 1 saturated heterocycles. The van der Waals surface area contributed by atoms with Crippen molar-refractivity contribution in [2.45, 2.75) is 70.3 Å². The van der Waals surface area contributed by atoms with E-state index in [1.807, 2.05) is 6.08 Å². The molecule has 3 nitrogen and oxygen atoms in total. The lowest BCUT2D eigenvalue weighted by molar-refractivity contribution is -0.125. The second-order valence-electron chi connectivity index (χ2n) is 11.8. The quantitative estimate of drug-likeness (QED) is 0.487. The molecular weight excluding hydrogens is 408 g/mol.